The van der Waals surface area contributed by atoms with Crippen molar-refractivity contribution in [1.29, 1.82) is 0 Å². The molecule has 0 bridgehead atoms. The van der Waals surface area contributed by atoms with Gasteiger partial charge >= 0.3 is 5.97 Å². The summed E-state index contributed by atoms with van der Waals surface area (Å²) in [4.78, 5) is 11.4. The molecule has 0 aliphatic carbocycles. The number of hydrogen-bond acceptors (Lipinski definition) is 3. The second kappa shape index (κ2) is 6.52. The van der Waals surface area contributed by atoms with Crippen LogP contribution in [0.3, 0.4) is 0 Å². The molecule has 0 aliphatic rings. The number of carboxylic acid groups (broad SMARTS) is 1. The molecule has 0 radical (unpaired) electrons. The molecule has 1 unspecified atom stereocenters. The minimum absolute atomic E-state index is 0.279. The lowest BCUT2D eigenvalue weighted by atomic mass is 10.00. The Hall–Kier alpha value is -1.39. The Bertz CT molecular complexity index is 383. The maximum Gasteiger partial charge on any atom is 0.326 e. The highest BCUT2D eigenvalue weighted by Gasteiger charge is 2.26. The average molecular weight is 253 g/mol. The van der Waals surface area contributed by atoms with Crippen LogP contribution in [0.2, 0.25) is 0 Å². The predicted octanol–water partition coefficient (Wildman–Crippen LogP) is 2.85. The minimum atomic E-state index is -0.810. The van der Waals surface area contributed by atoms with Gasteiger partial charge in [0.2, 0.25) is 0 Å². The van der Waals surface area contributed by atoms with Crippen molar-refractivity contribution in [2.45, 2.75) is 58.9 Å². The van der Waals surface area contributed by atoms with Crippen molar-refractivity contribution >= 4 is 5.97 Å². The van der Waals surface area contributed by atoms with E-state index in [0.29, 0.717) is 12.3 Å². The molecule has 1 aromatic rings. The lowest BCUT2D eigenvalue weighted by Gasteiger charge is -2.20. The maximum atomic E-state index is 11.4. The Morgan fingerprint density at radius 2 is 2.00 bits per heavy atom. The molecular formula is C13H23N3O2. The van der Waals surface area contributed by atoms with E-state index in [1.54, 1.807) is 10.9 Å². The van der Waals surface area contributed by atoms with Crippen LogP contribution < -0.4 is 0 Å². The van der Waals surface area contributed by atoms with Gasteiger partial charge in [0, 0.05) is 5.92 Å². The van der Waals surface area contributed by atoms with Crippen molar-refractivity contribution in [1.82, 2.24) is 14.8 Å². The van der Waals surface area contributed by atoms with E-state index in [1.165, 1.54) is 0 Å². The molecule has 0 saturated heterocycles. The normalized spacial score (nSPS) is 13.2. The Kier molecular flexibility index (Phi) is 5.31. The van der Waals surface area contributed by atoms with Crippen molar-refractivity contribution in [2.75, 3.05) is 0 Å². The van der Waals surface area contributed by atoms with Gasteiger partial charge in [0.25, 0.3) is 0 Å². The van der Waals surface area contributed by atoms with E-state index < -0.39 is 12.0 Å². The summed E-state index contributed by atoms with van der Waals surface area (Å²) in [6, 6.07) is -0.560. The summed E-state index contributed by atoms with van der Waals surface area (Å²) in [6.45, 7) is 8.23. The highest BCUT2D eigenvalue weighted by atomic mass is 16.4. The van der Waals surface area contributed by atoms with Crippen LogP contribution in [0.4, 0.5) is 0 Å². The van der Waals surface area contributed by atoms with E-state index in [-0.39, 0.29) is 5.92 Å². The van der Waals surface area contributed by atoms with Gasteiger partial charge in [0.15, 0.2) is 0 Å². The van der Waals surface area contributed by atoms with Gasteiger partial charge in [-0.25, -0.2) is 4.79 Å². The summed E-state index contributed by atoms with van der Waals surface area (Å²) < 4.78 is 1.74. The first kappa shape index (κ1) is 14.7. The number of hydrogen-bond donors (Lipinski definition) is 1. The summed E-state index contributed by atoms with van der Waals surface area (Å²) in [7, 11) is 0. The van der Waals surface area contributed by atoms with Gasteiger partial charge in [-0.3, -0.25) is 0 Å². The number of rotatable bonds is 7. The van der Waals surface area contributed by atoms with Crippen molar-refractivity contribution in [3.8, 4) is 0 Å². The summed E-state index contributed by atoms with van der Waals surface area (Å²) in [5, 5.41) is 17.4. The highest BCUT2D eigenvalue weighted by Crippen LogP contribution is 2.26. The van der Waals surface area contributed by atoms with E-state index in [1.807, 2.05) is 13.8 Å². The SMILES string of the molecule is CCC(CC)c1nncn1C(CC(C)C)C(=O)O. The molecule has 0 aromatic carbocycles. The second-order valence-electron chi connectivity index (χ2n) is 5.09. The fourth-order valence-corrected chi connectivity index (χ4v) is 2.22. The fourth-order valence-electron chi connectivity index (χ4n) is 2.22. The third-order valence-electron chi connectivity index (χ3n) is 3.27. The number of aliphatic carboxylic acids is 1. The molecule has 1 rings (SSSR count). The second-order valence-corrected chi connectivity index (χ2v) is 5.09. The van der Waals surface area contributed by atoms with Gasteiger partial charge in [-0.05, 0) is 25.2 Å². The third-order valence-corrected chi connectivity index (χ3v) is 3.27. The van der Waals surface area contributed by atoms with Crippen LogP contribution in [0.25, 0.3) is 0 Å². The van der Waals surface area contributed by atoms with Crippen LogP contribution in [0.5, 0.6) is 0 Å². The molecule has 102 valence electrons. The van der Waals surface area contributed by atoms with E-state index in [9.17, 15) is 9.90 Å². The van der Waals surface area contributed by atoms with E-state index in [2.05, 4.69) is 24.0 Å². The molecule has 0 fully saturated rings. The third kappa shape index (κ3) is 3.31. The molecule has 5 heteroatoms. The Labute approximate surface area is 108 Å². The summed E-state index contributed by atoms with van der Waals surface area (Å²) in [6.07, 6.45) is 4.04. The number of aromatic nitrogens is 3. The van der Waals surface area contributed by atoms with Gasteiger partial charge in [0.1, 0.15) is 18.2 Å². The van der Waals surface area contributed by atoms with Crippen LogP contribution in [0.15, 0.2) is 6.33 Å². The van der Waals surface area contributed by atoms with Crippen LogP contribution in [0, 0.1) is 5.92 Å². The molecule has 1 atom stereocenters. The Morgan fingerprint density at radius 1 is 1.39 bits per heavy atom. The number of nitrogens with zero attached hydrogens (tertiary/aromatic N) is 3. The largest absolute Gasteiger partial charge is 0.480 e. The van der Waals surface area contributed by atoms with Crippen molar-refractivity contribution in [3.63, 3.8) is 0 Å². The first-order chi connectivity index (χ1) is 8.51. The zero-order chi connectivity index (χ0) is 13.7. The zero-order valence-corrected chi connectivity index (χ0v) is 11.6. The summed E-state index contributed by atoms with van der Waals surface area (Å²) >= 11 is 0. The average Bonchev–Trinajstić information content (AvgIpc) is 2.76. The number of carboxylic acids is 1. The molecule has 0 aliphatic heterocycles. The van der Waals surface area contributed by atoms with Crippen LogP contribution in [-0.4, -0.2) is 25.8 Å². The molecule has 0 amide bonds. The quantitative estimate of drug-likeness (QED) is 0.811. The van der Waals surface area contributed by atoms with Gasteiger partial charge in [-0.1, -0.05) is 27.7 Å². The van der Waals surface area contributed by atoms with Crippen LogP contribution in [-0.2, 0) is 4.79 Å². The van der Waals surface area contributed by atoms with E-state index in [4.69, 9.17) is 0 Å². The highest BCUT2D eigenvalue weighted by molar-refractivity contribution is 5.71. The Morgan fingerprint density at radius 3 is 2.44 bits per heavy atom. The van der Waals surface area contributed by atoms with E-state index >= 15 is 0 Å². The van der Waals surface area contributed by atoms with Crippen LogP contribution in [0.1, 0.15) is 64.7 Å². The molecule has 1 N–H and O–H groups in total. The summed E-state index contributed by atoms with van der Waals surface area (Å²) in [5.41, 5.74) is 0. The molecule has 1 heterocycles. The first-order valence-electron chi connectivity index (χ1n) is 6.63. The topological polar surface area (TPSA) is 68.0 Å². The van der Waals surface area contributed by atoms with Gasteiger partial charge < -0.3 is 9.67 Å². The van der Waals surface area contributed by atoms with Gasteiger partial charge in [-0.2, -0.15) is 0 Å². The lowest BCUT2D eigenvalue weighted by Crippen LogP contribution is -2.23. The molecule has 5 nitrogen and oxygen atoms in total. The molecule has 1 aromatic heterocycles. The monoisotopic (exact) mass is 253 g/mol. The number of carbonyl (C=O) groups is 1. The molecular weight excluding hydrogens is 230 g/mol. The smallest absolute Gasteiger partial charge is 0.326 e. The molecule has 18 heavy (non-hydrogen) atoms. The molecule has 0 saturated carbocycles. The maximum absolute atomic E-state index is 11.4. The van der Waals surface area contributed by atoms with Crippen LogP contribution >= 0.6 is 0 Å². The zero-order valence-electron chi connectivity index (χ0n) is 11.6. The van der Waals surface area contributed by atoms with Crippen molar-refractivity contribution in [2.24, 2.45) is 5.92 Å². The predicted molar refractivity (Wildman–Crippen MR) is 69.5 cm³/mol. The minimum Gasteiger partial charge on any atom is -0.480 e. The molecule has 0 spiro atoms. The van der Waals surface area contributed by atoms with Gasteiger partial charge in [0.05, 0.1) is 0 Å². The lowest BCUT2D eigenvalue weighted by molar-refractivity contribution is -0.141. The van der Waals surface area contributed by atoms with E-state index in [0.717, 1.165) is 18.7 Å². The standard InChI is InChI=1S/C13H23N3O2/c1-5-10(6-2)12-15-14-8-16(12)11(13(17)18)7-9(3)4/h8-11H,5-7H2,1-4H3,(H,17,18). The summed E-state index contributed by atoms with van der Waals surface area (Å²) in [5.74, 6) is 0.591. The Balaban J connectivity index is 3.05. The first-order valence-corrected chi connectivity index (χ1v) is 6.63. The van der Waals surface area contributed by atoms with Crippen molar-refractivity contribution in [3.05, 3.63) is 12.2 Å². The van der Waals surface area contributed by atoms with Gasteiger partial charge in [-0.15, -0.1) is 10.2 Å². The van der Waals surface area contributed by atoms with Crippen molar-refractivity contribution < 1.29 is 9.90 Å². The fraction of sp³-hybridized carbons (Fsp3) is 0.769.